The molecule has 0 radical (unpaired) electrons. The van der Waals surface area contributed by atoms with Crippen LogP contribution < -0.4 is 0 Å². The van der Waals surface area contributed by atoms with E-state index in [1.807, 2.05) is 0 Å². The van der Waals surface area contributed by atoms with Crippen LogP contribution in [0.4, 0.5) is 0 Å². The van der Waals surface area contributed by atoms with E-state index < -0.39 is 0 Å². The van der Waals surface area contributed by atoms with Crippen LogP contribution in [0, 0.1) is 50.7 Å². The lowest BCUT2D eigenvalue weighted by molar-refractivity contribution is -0.161. The average molecular weight is 427 g/mol. The summed E-state index contributed by atoms with van der Waals surface area (Å²) >= 11 is 0. The van der Waals surface area contributed by atoms with E-state index in [1.165, 1.54) is 69.8 Å². The number of allylic oxidation sites excluding steroid dienone is 2. The quantitative estimate of drug-likeness (QED) is 0.449. The minimum atomic E-state index is -0.0840. The van der Waals surface area contributed by atoms with Crippen LogP contribution in [-0.2, 0) is 0 Å². The molecule has 0 saturated heterocycles. The Morgan fingerprint density at radius 1 is 0.871 bits per heavy atom. The summed E-state index contributed by atoms with van der Waals surface area (Å²) in [5, 5.41) is 10.8. The molecule has 9 atom stereocenters. The van der Waals surface area contributed by atoms with Gasteiger partial charge in [0.05, 0.1) is 6.10 Å². The molecule has 5 aliphatic rings. The van der Waals surface area contributed by atoms with Gasteiger partial charge in [-0.2, -0.15) is 0 Å². The molecule has 0 bridgehead atoms. The van der Waals surface area contributed by atoms with E-state index in [4.69, 9.17) is 0 Å². The van der Waals surface area contributed by atoms with Crippen LogP contribution in [0.15, 0.2) is 11.6 Å². The molecule has 0 heterocycles. The van der Waals surface area contributed by atoms with Gasteiger partial charge in [-0.25, -0.2) is 0 Å². The highest BCUT2D eigenvalue weighted by Crippen LogP contribution is 2.89. The summed E-state index contributed by atoms with van der Waals surface area (Å²) in [4.78, 5) is 0. The van der Waals surface area contributed by atoms with Gasteiger partial charge in [0.1, 0.15) is 0 Å². The predicted octanol–water partition coefficient (Wildman–Crippen LogP) is 8.17. The van der Waals surface area contributed by atoms with Crippen molar-refractivity contribution < 1.29 is 5.11 Å². The zero-order chi connectivity index (χ0) is 22.4. The first-order valence-corrected chi connectivity index (χ1v) is 13.8. The van der Waals surface area contributed by atoms with Gasteiger partial charge in [-0.15, -0.1) is 0 Å². The number of aliphatic hydroxyl groups is 1. The van der Waals surface area contributed by atoms with Crippen LogP contribution in [0.5, 0.6) is 0 Å². The molecule has 0 aromatic heterocycles. The first-order valence-electron chi connectivity index (χ1n) is 13.8. The zero-order valence-electron chi connectivity index (χ0n) is 21.7. The van der Waals surface area contributed by atoms with Crippen molar-refractivity contribution in [2.24, 2.45) is 50.7 Å². The highest BCUT2D eigenvalue weighted by atomic mass is 16.3. The molecule has 5 aliphatic carbocycles. The maximum Gasteiger partial charge on any atom is 0.0594 e. The molecule has 1 nitrogen and oxygen atoms in total. The molecule has 0 unspecified atom stereocenters. The molecule has 0 amide bonds. The Balaban J connectivity index is 1.41. The normalized spacial score (nSPS) is 52.9. The van der Waals surface area contributed by atoms with Gasteiger partial charge in [0.2, 0.25) is 0 Å². The monoisotopic (exact) mass is 426 g/mol. The maximum atomic E-state index is 10.8. The fourth-order valence-electron chi connectivity index (χ4n) is 11.1. The van der Waals surface area contributed by atoms with E-state index >= 15 is 0 Å². The minimum absolute atomic E-state index is 0.0840. The summed E-state index contributed by atoms with van der Waals surface area (Å²) in [7, 11) is 0. The summed E-state index contributed by atoms with van der Waals surface area (Å²) < 4.78 is 0. The standard InChI is InChI=1S/C30H50O/c1-20(2)9-8-10-21(3)22-13-15-28(7)24-12-11-23-26(4,5)25(31)14-16-29(23)19-30(24,29)18-17-27(22,28)6/h9,21-25,31H,8,10-19H2,1-7H3/t21-,22-,23-,24-,25+,27-,28+,29-,30+/m1/s1. The first-order chi connectivity index (χ1) is 14.4. The van der Waals surface area contributed by atoms with E-state index in [1.54, 1.807) is 0 Å². The summed E-state index contributed by atoms with van der Waals surface area (Å²) in [6, 6.07) is 0. The second-order valence-corrected chi connectivity index (χ2v) is 14.4. The third-order valence-corrected chi connectivity index (χ3v) is 13.0. The third kappa shape index (κ3) is 2.71. The summed E-state index contributed by atoms with van der Waals surface area (Å²) in [6.07, 6.45) is 17.6. The molecule has 2 spiro atoms. The molecule has 0 aromatic carbocycles. The Bertz CT molecular complexity index is 760. The van der Waals surface area contributed by atoms with E-state index in [9.17, 15) is 5.11 Å². The Morgan fingerprint density at radius 3 is 2.26 bits per heavy atom. The van der Waals surface area contributed by atoms with E-state index in [0.29, 0.717) is 21.7 Å². The van der Waals surface area contributed by atoms with Crippen molar-refractivity contribution in [1.29, 1.82) is 0 Å². The number of hydrogen-bond donors (Lipinski definition) is 1. The van der Waals surface area contributed by atoms with Crippen molar-refractivity contribution >= 4 is 0 Å². The summed E-state index contributed by atoms with van der Waals surface area (Å²) in [6.45, 7) is 17.3. The van der Waals surface area contributed by atoms with E-state index in [-0.39, 0.29) is 11.5 Å². The second-order valence-electron chi connectivity index (χ2n) is 14.4. The van der Waals surface area contributed by atoms with Crippen molar-refractivity contribution in [1.82, 2.24) is 0 Å². The molecule has 1 N–H and O–H groups in total. The van der Waals surface area contributed by atoms with Crippen LogP contribution in [0.25, 0.3) is 0 Å². The van der Waals surface area contributed by atoms with Crippen molar-refractivity contribution in [3.8, 4) is 0 Å². The smallest absolute Gasteiger partial charge is 0.0594 e. The largest absolute Gasteiger partial charge is 0.393 e. The molecule has 5 rings (SSSR count). The van der Waals surface area contributed by atoms with Gasteiger partial charge in [0, 0.05) is 0 Å². The highest BCUT2D eigenvalue weighted by molar-refractivity contribution is 5.30. The first kappa shape index (κ1) is 22.5. The summed E-state index contributed by atoms with van der Waals surface area (Å²) in [5.74, 6) is 3.46. The fraction of sp³-hybridized carbons (Fsp3) is 0.933. The van der Waals surface area contributed by atoms with Gasteiger partial charge in [-0.1, -0.05) is 46.3 Å². The van der Waals surface area contributed by atoms with Crippen molar-refractivity contribution in [3.63, 3.8) is 0 Å². The minimum Gasteiger partial charge on any atom is -0.393 e. The zero-order valence-corrected chi connectivity index (χ0v) is 21.7. The number of aliphatic hydroxyl groups excluding tert-OH is 1. The van der Waals surface area contributed by atoms with Gasteiger partial charge in [0.15, 0.2) is 0 Å². The fourth-order valence-corrected chi connectivity index (χ4v) is 11.1. The molecule has 0 aromatic rings. The number of hydrogen-bond acceptors (Lipinski definition) is 1. The molecule has 176 valence electrons. The maximum absolute atomic E-state index is 10.8. The Kier molecular flexibility index (Phi) is 4.98. The lowest BCUT2D eigenvalue weighted by atomic mass is 9.41. The number of rotatable bonds is 4. The van der Waals surface area contributed by atoms with Gasteiger partial charge in [-0.05, 0) is 135 Å². The summed E-state index contributed by atoms with van der Waals surface area (Å²) in [5.41, 5.74) is 3.87. The van der Waals surface area contributed by atoms with Gasteiger partial charge in [0.25, 0.3) is 0 Å². The predicted molar refractivity (Wildman–Crippen MR) is 131 cm³/mol. The lowest BCUT2D eigenvalue weighted by Gasteiger charge is -2.63. The second kappa shape index (κ2) is 6.86. The number of fused-ring (bicyclic) bond motifs is 2. The molecule has 1 heteroatoms. The van der Waals surface area contributed by atoms with Crippen molar-refractivity contribution in [2.75, 3.05) is 0 Å². The van der Waals surface area contributed by atoms with E-state index in [0.717, 1.165) is 30.1 Å². The van der Waals surface area contributed by atoms with E-state index in [2.05, 4.69) is 54.5 Å². The molecule has 31 heavy (non-hydrogen) atoms. The van der Waals surface area contributed by atoms with Gasteiger partial charge in [-0.3, -0.25) is 0 Å². The van der Waals surface area contributed by atoms with Crippen molar-refractivity contribution in [2.45, 2.75) is 125 Å². The molecular weight excluding hydrogens is 376 g/mol. The van der Waals surface area contributed by atoms with Crippen molar-refractivity contribution in [3.05, 3.63) is 11.6 Å². The SMILES string of the molecule is CC(C)=CCC[C@@H](C)[C@H]1CC[C@@]2(C)[C@H]3CC[C@@H]4C(C)(C)[C@@H](O)CC[C@@]45C[C@@]35CC[C@]12C. The molecule has 5 fully saturated rings. The Morgan fingerprint density at radius 2 is 1.55 bits per heavy atom. The Hall–Kier alpha value is -0.300. The topological polar surface area (TPSA) is 20.2 Å². The van der Waals surface area contributed by atoms with Crippen LogP contribution in [0.2, 0.25) is 0 Å². The van der Waals surface area contributed by atoms with Crippen LogP contribution in [0.3, 0.4) is 0 Å². The lowest BCUT2D eigenvalue weighted by Crippen LogP contribution is -2.57. The Labute approximate surface area is 192 Å². The molecule has 5 saturated carbocycles. The van der Waals surface area contributed by atoms with Crippen LogP contribution >= 0.6 is 0 Å². The van der Waals surface area contributed by atoms with Crippen LogP contribution in [0.1, 0.15) is 119 Å². The average Bonchev–Trinajstić information content (AvgIpc) is 3.27. The van der Waals surface area contributed by atoms with Gasteiger partial charge >= 0.3 is 0 Å². The third-order valence-electron chi connectivity index (χ3n) is 13.0. The van der Waals surface area contributed by atoms with Crippen LogP contribution in [-0.4, -0.2) is 11.2 Å². The molecular formula is C30H50O. The van der Waals surface area contributed by atoms with Gasteiger partial charge < -0.3 is 5.11 Å². The highest BCUT2D eigenvalue weighted by Gasteiger charge is 2.82. The molecule has 0 aliphatic heterocycles.